The van der Waals surface area contributed by atoms with Gasteiger partial charge in [0.1, 0.15) is 16.5 Å². The van der Waals surface area contributed by atoms with Crippen molar-refractivity contribution in [3.05, 3.63) is 34.8 Å². The largest absolute Gasteiger partial charge is 0.357 e. The van der Waals surface area contributed by atoms with Crippen LogP contribution < -0.4 is 0 Å². The smallest absolute Gasteiger partial charge is 0.150 e. The molecule has 0 saturated carbocycles. The fraction of sp³-hybridized carbons (Fsp3) is 0.385. The van der Waals surface area contributed by atoms with Crippen LogP contribution in [0.5, 0.6) is 0 Å². The van der Waals surface area contributed by atoms with E-state index in [1.165, 1.54) is 6.42 Å². The van der Waals surface area contributed by atoms with E-state index in [-0.39, 0.29) is 6.23 Å². The molecule has 2 aromatic heterocycles. The lowest BCUT2D eigenvalue weighted by atomic mass is 10.1. The van der Waals surface area contributed by atoms with Crippen molar-refractivity contribution in [2.45, 2.75) is 25.5 Å². The second kappa shape index (κ2) is 5.49. The molecule has 3 heterocycles. The first-order valence-corrected chi connectivity index (χ1v) is 6.98. The molecule has 2 aromatic rings. The Morgan fingerprint density at radius 2 is 2.16 bits per heavy atom. The summed E-state index contributed by atoms with van der Waals surface area (Å²) in [5.41, 5.74) is 1.75. The molecule has 1 atom stereocenters. The van der Waals surface area contributed by atoms with Crippen LogP contribution in [0.4, 0.5) is 0 Å². The van der Waals surface area contributed by atoms with Crippen molar-refractivity contribution in [2.75, 3.05) is 6.61 Å². The fourth-order valence-electron chi connectivity index (χ4n) is 2.19. The molecule has 1 fully saturated rings. The molecule has 0 spiro atoms. The normalized spacial score (nSPS) is 19.6. The summed E-state index contributed by atoms with van der Waals surface area (Å²) in [5, 5.41) is 5.12. The highest BCUT2D eigenvalue weighted by Gasteiger charge is 2.17. The Bertz CT molecular complexity index is 579. The third-order valence-corrected chi connectivity index (χ3v) is 3.68. The molecule has 100 valence electrons. The molecule has 19 heavy (non-hydrogen) atoms. The van der Waals surface area contributed by atoms with Gasteiger partial charge in [0.15, 0.2) is 0 Å². The van der Waals surface area contributed by atoms with Gasteiger partial charge in [-0.25, -0.2) is 9.67 Å². The molecule has 0 N–H and O–H groups in total. The molecule has 0 aliphatic carbocycles. The summed E-state index contributed by atoms with van der Waals surface area (Å²) in [6.07, 6.45) is 7.03. The second-order valence-corrected chi connectivity index (χ2v) is 5.25. The zero-order chi connectivity index (χ0) is 13.2. The Hall–Kier alpha value is -1.10. The van der Waals surface area contributed by atoms with Gasteiger partial charge in [-0.05, 0) is 31.4 Å². The number of hydrogen-bond acceptors (Lipinski definition) is 3. The highest BCUT2D eigenvalue weighted by atomic mass is 35.5. The standard InChI is InChI=1S/C13H13Cl2N3O/c14-11-5-4-10(13(15)17-11)9-7-16-18(8-9)12-3-1-2-6-19-12/h4-5,7-8,12H,1-3,6H2. The van der Waals surface area contributed by atoms with Gasteiger partial charge in [-0.3, -0.25) is 0 Å². The molecule has 1 saturated heterocycles. The van der Waals surface area contributed by atoms with Crippen LogP contribution in [0, 0.1) is 0 Å². The van der Waals surface area contributed by atoms with E-state index in [1.54, 1.807) is 12.3 Å². The van der Waals surface area contributed by atoms with Crippen LogP contribution in [0.2, 0.25) is 10.3 Å². The summed E-state index contributed by atoms with van der Waals surface area (Å²) in [6.45, 7) is 0.795. The first kappa shape index (κ1) is 12.9. The average molecular weight is 298 g/mol. The third-order valence-electron chi connectivity index (χ3n) is 3.18. The minimum atomic E-state index is 0.0292. The van der Waals surface area contributed by atoms with Gasteiger partial charge in [0.25, 0.3) is 0 Å². The SMILES string of the molecule is Clc1ccc(-c2cnn(C3CCCCO3)c2)c(Cl)n1. The Balaban J connectivity index is 1.87. The van der Waals surface area contributed by atoms with Crippen molar-refractivity contribution in [1.82, 2.24) is 14.8 Å². The van der Waals surface area contributed by atoms with E-state index in [9.17, 15) is 0 Å². The first-order valence-electron chi connectivity index (χ1n) is 6.22. The maximum absolute atomic E-state index is 6.10. The monoisotopic (exact) mass is 297 g/mol. The zero-order valence-corrected chi connectivity index (χ0v) is 11.7. The highest BCUT2D eigenvalue weighted by molar-refractivity contribution is 6.34. The molecule has 1 unspecified atom stereocenters. The fourth-order valence-corrected chi connectivity index (χ4v) is 2.65. The average Bonchev–Trinajstić information content (AvgIpc) is 2.89. The van der Waals surface area contributed by atoms with Crippen LogP contribution in [0.1, 0.15) is 25.5 Å². The molecule has 3 rings (SSSR count). The van der Waals surface area contributed by atoms with Gasteiger partial charge in [0, 0.05) is 23.9 Å². The van der Waals surface area contributed by atoms with Gasteiger partial charge < -0.3 is 4.74 Å². The van der Waals surface area contributed by atoms with Gasteiger partial charge in [-0.15, -0.1) is 0 Å². The van der Waals surface area contributed by atoms with Crippen molar-refractivity contribution in [1.29, 1.82) is 0 Å². The number of hydrogen-bond donors (Lipinski definition) is 0. The molecular formula is C13H13Cl2N3O. The maximum Gasteiger partial charge on any atom is 0.150 e. The van der Waals surface area contributed by atoms with Crippen LogP contribution in [0.3, 0.4) is 0 Å². The van der Waals surface area contributed by atoms with E-state index in [1.807, 2.05) is 16.9 Å². The molecule has 0 aromatic carbocycles. The van der Waals surface area contributed by atoms with Gasteiger partial charge in [0.2, 0.25) is 0 Å². The van der Waals surface area contributed by atoms with E-state index < -0.39 is 0 Å². The van der Waals surface area contributed by atoms with Gasteiger partial charge in [-0.2, -0.15) is 5.10 Å². The summed E-state index contributed by atoms with van der Waals surface area (Å²) in [6, 6.07) is 3.57. The first-order chi connectivity index (χ1) is 9.24. The van der Waals surface area contributed by atoms with Crippen molar-refractivity contribution in [3.8, 4) is 11.1 Å². The van der Waals surface area contributed by atoms with Gasteiger partial charge in [0.05, 0.1) is 6.20 Å². The Kier molecular flexibility index (Phi) is 3.73. The molecule has 1 aliphatic rings. The van der Waals surface area contributed by atoms with Crippen LogP contribution >= 0.6 is 23.2 Å². The highest BCUT2D eigenvalue weighted by Crippen LogP contribution is 2.29. The quantitative estimate of drug-likeness (QED) is 0.788. The van der Waals surface area contributed by atoms with Gasteiger partial charge >= 0.3 is 0 Å². The summed E-state index contributed by atoms with van der Waals surface area (Å²) < 4.78 is 7.54. The number of nitrogens with zero attached hydrogens (tertiary/aromatic N) is 3. The summed E-state index contributed by atoms with van der Waals surface area (Å²) in [5.74, 6) is 0. The summed E-state index contributed by atoms with van der Waals surface area (Å²) >= 11 is 11.9. The Labute approximate surface area is 121 Å². The number of aromatic nitrogens is 3. The van der Waals surface area contributed by atoms with Crippen LogP contribution in [0.25, 0.3) is 11.1 Å². The Morgan fingerprint density at radius 3 is 2.89 bits per heavy atom. The molecule has 6 heteroatoms. The van der Waals surface area contributed by atoms with E-state index in [2.05, 4.69) is 10.1 Å². The van der Waals surface area contributed by atoms with E-state index in [0.717, 1.165) is 30.6 Å². The van der Waals surface area contributed by atoms with E-state index in [0.29, 0.717) is 10.3 Å². The minimum absolute atomic E-state index is 0.0292. The lowest BCUT2D eigenvalue weighted by Crippen LogP contribution is -2.18. The number of pyridine rings is 1. The molecular weight excluding hydrogens is 285 g/mol. The molecule has 0 bridgehead atoms. The molecule has 0 amide bonds. The van der Waals surface area contributed by atoms with Crippen LogP contribution in [-0.2, 0) is 4.74 Å². The summed E-state index contributed by atoms with van der Waals surface area (Å²) in [4.78, 5) is 4.03. The lowest BCUT2D eigenvalue weighted by Gasteiger charge is -2.22. The number of rotatable bonds is 2. The van der Waals surface area contributed by atoms with Crippen LogP contribution in [-0.4, -0.2) is 21.4 Å². The van der Waals surface area contributed by atoms with Crippen molar-refractivity contribution >= 4 is 23.2 Å². The van der Waals surface area contributed by atoms with E-state index >= 15 is 0 Å². The minimum Gasteiger partial charge on any atom is -0.357 e. The molecule has 0 radical (unpaired) electrons. The lowest BCUT2D eigenvalue weighted by molar-refractivity contribution is -0.0394. The maximum atomic E-state index is 6.10. The summed E-state index contributed by atoms with van der Waals surface area (Å²) in [7, 11) is 0. The topological polar surface area (TPSA) is 39.9 Å². The van der Waals surface area contributed by atoms with Crippen molar-refractivity contribution in [2.24, 2.45) is 0 Å². The number of halogens is 2. The van der Waals surface area contributed by atoms with Crippen LogP contribution in [0.15, 0.2) is 24.5 Å². The van der Waals surface area contributed by atoms with Crippen molar-refractivity contribution < 1.29 is 4.74 Å². The molecule has 4 nitrogen and oxygen atoms in total. The van der Waals surface area contributed by atoms with Gasteiger partial charge in [-0.1, -0.05) is 23.2 Å². The van der Waals surface area contributed by atoms with Crippen molar-refractivity contribution in [3.63, 3.8) is 0 Å². The van der Waals surface area contributed by atoms with E-state index in [4.69, 9.17) is 27.9 Å². The number of ether oxygens (including phenoxy) is 1. The predicted octanol–water partition coefficient (Wildman–Crippen LogP) is 3.95. The predicted molar refractivity (Wildman–Crippen MR) is 74.3 cm³/mol. The third kappa shape index (κ3) is 2.76. The second-order valence-electron chi connectivity index (χ2n) is 4.50. The molecule has 1 aliphatic heterocycles. The zero-order valence-electron chi connectivity index (χ0n) is 10.2. The Morgan fingerprint density at radius 1 is 1.26 bits per heavy atom.